The normalized spacial score (nSPS) is 11.8. The molecule has 0 amide bonds. The smallest absolute Gasteiger partial charge is 0.0632 e. The second-order valence-electron chi connectivity index (χ2n) is 4.38. The van der Waals surface area contributed by atoms with Gasteiger partial charge in [-0.25, -0.2) is 0 Å². The number of benzene rings is 1. The molecule has 0 aliphatic carbocycles. The Bertz CT molecular complexity index is 483. The van der Waals surface area contributed by atoms with Crippen LogP contribution in [0.3, 0.4) is 0 Å². The highest BCUT2D eigenvalue weighted by molar-refractivity contribution is 5.81. The molecule has 0 saturated heterocycles. The first-order valence-electron chi connectivity index (χ1n) is 5.95. The number of hydrogen-bond acceptors (Lipinski definition) is 1. The van der Waals surface area contributed by atoms with Gasteiger partial charge in [-0.1, -0.05) is 50.2 Å². The molecule has 1 aromatic carbocycles. The Morgan fingerprint density at radius 2 is 1.71 bits per heavy atom. The Hall–Kier alpha value is -1.89. The van der Waals surface area contributed by atoms with E-state index in [-0.39, 0.29) is 0 Å². The van der Waals surface area contributed by atoms with Gasteiger partial charge in [0.1, 0.15) is 0 Å². The number of allylic oxidation sites excluding steroid dienone is 1. The summed E-state index contributed by atoms with van der Waals surface area (Å²) in [5, 5.41) is 0. The summed E-state index contributed by atoms with van der Waals surface area (Å²) in [5.74, 6) is 0.486. The van der Waals surface area contributed by atoms with Gasteiger partial charge in [0.15, 0.2) is 0 Å². The summed E-state index contributed by atoms with van der Waals surface area (Å²) >= 11 is 0. The van der Waals surface area contributed by atoms with Crippen LogP contribution in [0.1, 0.15) is 25.1 Å². The zero-order chi connectivity index (χ0) is 12.1. The number of nitrogens with zero attached hydrogens (tertiary/aromatic N) is 1. The zero-order valence-corrected chi connectivity index (χ0v) is 10.3. The fraction of sp³-hybridized carbons (Fsp3) is 0.188. The van der Waals surface area contributed by atoms with Crippen LogP contribution in [0.25, 0.3) is 11.6 Å². The van der Waals surface area contributed by atoms with E-state index in [9.17, 15) is 0 Å². The van der Waals surface area contributed by atoms with Gasteiger partial charge in [-0.3, -0.25) is 4.98 Å². The van der Waals surface area contributed by atoms with Gasteiger partial charge in [-0.2, -0.15) is 0 Å². The average molecular weight is 223 g/mol. The lowest BCUT2D eigenvalue weighted by molar-refractivity contribution is 0.859. The van der Waals surface area contributed by atoms with E-state index >= 15 is 0 Å². The summed E-state index contributed by atoms with van der Waals surface area (Å²) < 4.78 is 0. The van der Waals surface area contributed by atoms with Crippen LogP contribution in [0.5, 0.6) is 0 Å². The van der Waals surface area contributed by atoms with Gasteiger partial charge in [-0.05, 0) is 35.3 Å². The van der Waals surface area contributed by atoms with Crippen LogP contribution in [-0.2, 0) is 0 Å². The monoisotopic (exact) mass is 223 g/mol. The average Bonchev–Trinajstić information content (AvgIpc) is 2.38. The first-order valence-corrected chi connectivity index (χ1v) is 5.95. The Kier molecular flexibility index (Phi) is 3.71. The fourth-order valence-corrected chi connectivity index (χ4v) is 1.83. The second kappa shape index (κ2) is 5.44. The Morgan fingerprint density at radius 3 is 2.29 bits per heavy atom. The second-order valence-corrected chi connectivity index (χ2v) is 4.38. The molecule has 1 heterocycles. The van der Waals surface area contributed by atoms with Crippen molar-refractivity contribution in [2.45, 2.75) is 13.8 Å². The van der Waals surface area contributed by atoms with Gasteiger partial charge in [0.2, 0.25) is 0 Å². The van der Waals surface area contributed by atoms with Crippen molar-refractivity contribution in [2.75, 3.05) is 0 Å². The van der Waals surface area contributed by atoms with Crippen LogP contribution >= 0.6 is 0 Å². The molecular formula is C16H17N. The summed E-state index contributed by atoms with van der Waals surface area (Å²) in [6.07, 6.45) is 3.99. The van der Waals surface area contributed by atoms with E-state index in [1.165, 1.54) is 11.1 Å². The lowest BCUT2D eigenvalue weighted by atomic mass is 9.94. The molecule has 0 bridgehead atoms. The molecule has 0 spiro atoms. The predicted molar refractivity (Wildman–Crippen MR) is 73.4 cm³/mol. The van der Waals surface area contributed by atoms with E-state index in [0.29, 0.717) is 5.92 Å². The van der Waals surface area contributed by atoms with Gasteiger partial charge in [0.05, 0.1) is 5.69 Å². The predicted octanol–water partition coefficient (Wildman–Crippen LogP) is 4.28. The minimum Gasteiger partial charge on any atom is -0.257 e. The molecule has 0 atom stereocenters. The standard InChI is InChI=1S/C16H17N/c1-13(2)16(14-8-4-3-5-9-14)12-15-10-6-7-11-17-15/h3-13H,1-2H3/b16-12-. The van der Waals surface area contributed by atoms with Crippen molar-refractivity contribution in [1.82, 2.24) is 4.98 Å². The maximum Gasteiger partial charge on any atom is 0.0632 e. The maximum absolute atomic E-state index is 4.35. The molecule has 86 valence electrons. The van der Waals surface area contributed by atoms with Crippen molar-refractivity contribution < 1.29 is 0 Å². The maximum atomic E-state index is 4.35. The number of aromatic nitrogens is 1. The third-order valence-electron chi connectivity index (χ3n) is 2.72. The van der Waals surface area contributed by atoms with Crippen LogP contribution in [0.2, 0.25) is 0 Å². The van der Waals surface area contributed by atoms with E-state index in [4.69, 9.17) is 0 Å². The molecule has 17 heavy (non-hydrogen) atoms. The largest absolute Gasteiger partial charge is 0.257 e. The minimum absolute atomic E-state index is 0.486. The summed E-state index contributed by atoms with van der Waals surface area (Å²) in [6.45, 7) is 4.42. The van der Waals surface area contributed by atoms with Gasteiger partial charge >= 0.3 is 0 Å². The molecule has 0 aliphatic rings. The molecule has 2 aromatic rings. The number of hydrogen-bond donors (Lipinski definition) is 0. The van der Waals surface area contributed by atoms with E-state index in [1.54, 1.807) is 0 Å². The van der Waals surface area contributed by atoms with Crippen molar-refractivity contribution in [3.63, 3.8) is 0 Å². The lowest BCUT2D eigenvalue weighted by Gasteiger charge is -2.11. The molecular weight excluding hydrogens is 206 g/mol. The van der Waals surface area contributed by atoms with E-state index in [1.807, 2.05) is 30.5 Å². The highest BCUT2D eigenvalue weighted by Gasteiger charge is 2.06. The Labute approximate surface area is 103 Å². The highest BCUT2D eigenvalue weighted by Crippen LogP contribution is 2.24. The van der Waals surface area contributed by atoms with Crippen molar-refractivity contribution in [1.29, 1.82) is 0 Å². The summed E-state index contributed by atoms with van der Waals surface area (Å²) in [4.78, 5) is 4.35. The molecule has 0 radical (unpaired) electrons. The molecule has 0 unspecified atom stereocenters. The third kappa shape index (κ3) is 3.04. The van der Waals surface area contributed by atoms with Crippen molar-refractivity contribution in [3.05, 3.63) is 66.0 Å². The minimum atomic E-state index is 0.486. The highest BCUT2D eigenvalue weighted by atomic mass is 14.6. The van der Waals surface area contributed by atoms with Crippen molar-refractivity contribution in [3.8, 4) is 0 Å². The molecule has 0 saturated carbocycles. The molecule has 1 heteroatoms. The first-order chi connectivity index (χ1) is 8.27. The van der Waals surface area contributed by atoms with Gasteiger partial charge in [-0.15, -0.1) is 0 Å². The van der Waals surface area contributed by atoms with Gasteiger partial charge in [0, 0.05) is 6.20 Å². The molecule has 1 aromatic heterocycles. The van der Waals surface area contributed by atoms with Crippen LogP contribution in [0.15, 0.2) is 54.7 Å². The van der Waals surface area contributed by atoms with Crippen LogP contribution in [-0.4, -0.2) is 4.98 Å². The SMILES string of the molecule is CC(C)/C(=C/c1ccccn1)c1ccccc1. The van der Waals surface area contributed by atoms with Gasteiger partial charge < -0.3 is 0 Å². The zero-order valence-electron chi connectivity index (χ0n) is 10.3. The van der Waals surface area contributed by atoms with E-state index in [0.717, 1.165) is 5.69 Å². The molecule has 1 nitrogen and oxygen atoms in total. The first kappa shape index (κ1) is 11.6. The van der Waals surface area contributed by atoms with Crippen LogP contribution in [0, 0.1) is 5.92 Å². The molecule has 0 aliphatic heterocycles. The Morgan fingerprint density at radius 1 is 1.00 bits per heavy atom. The van der Waals surface area contributed by atoms with E-state index in [2.05, 4.69) is 49.2 Å². The molecule has 0 fully saturated rings. The summed E-state index contributed by atoms with van der Waals surface area (Å²) in [6, 6.07) is 16.5. The molecule has 0 N–H and O–H groups in total. The summed E-state index contributed by atoms with van der Waals surface area (Å²) in [7, 11) is 0. The topological polar surface area (TPSA) is 12.9 Å². The lowest BCUT2D eigenvalue weighted by Crippen LogP contribution is -1.94. The van der Waals surface area contributed by atoms with Crippen molar-refractivity contribution >= 4 is 11.6 Å². The summed E-state index contributed by atoms with van der Waals surface area (Å²) in [5.41, 5.74) is 3.61. The fourth-order valence-electron chi connectivity index (χ4n) is 1.83. The number of rotatable bonds is 3. The molecule has 2 rings (SSSR count). The van der Waals surface area contributed by atoms with Crippen LogP contribution in [0.4, 0.5) is 0 Å². The van der Waals surface area contributed by atoms with Crippen molar-refractivity contribution in [2.24, 2.45) is 5.92 Å². The third-order valence-corrected chi connectivity index (χ3v) is 2.72. The van der Waals surface area contributed by atoms with Gasteiger partial charge in [0.25, 0.3) is 0 Å². The van der Waals surface area contributed by atoms with Crippen LogP contribution < -0.4 is 0 Å². The van der Waals surface area contributed by atoms with E-state index < -0.39 is 0 Å². The quantitative estimate of drug-likeness (QED) is 0.757. The Balaban J connectivity index is 2.40. The number of pyridine rings is 1.